The molecule has 0 aromatic carbocycles. The van der Waals surface area contributed by atoms with Crippen molar-refractivity contribution in [3.05, 3.63) is 18.0 Å². The van der Waals surface area contributed by atoms with E-state index >= 15 is 0 Å². The highest BCUT2D eigenvalue weighted by atomic mass is 35.7. The highest BCUT2D eigenvalue weighted by molar-refractivity contribution is 8.13. The molecule has 1 heterocycles. The van der Waals surface area contributed by atoms with Crippen LogP contribution in [0.15, 0.2) is 17.2 Å². The monoisotopic (exact) mass is 320 g/mol. The fourth-order valence-electron chi connectivity index (χ4n) is 2.02. The van der Waals surface area contributed by atoms with Gasteiger partial charge >= 0.3 is 0 Å². The van der Waals surface area contributed by atoms with Crippen LogP contribution in [0.1, 0.15) is 50.6 Å². The zero-order valence-electron chi connectivity index (χ0n) is 12.3. The molecule has 0 radical (unpaired) electrons. The van der Waals surface area contributed by atoms with Gasteiger partial charge in [-0.3, -0.25) is 4.79 Å². The van der Waals surface area contributed by atoms with E-state index in [9.17, 15) is 13.2 Å². The molecule has 1 rings (SSSR count). The molecule has 114 valence electrons. The SMILES string of the molecule is CCCN(CC)C(=O)c1cc(S(=O)(=O)Cl)cn1C(C)C. The first-order chi connectivity index (χ1) is 9.22. The Morgan fingerprint density at radius 2 is 2.00 bits per heavy atom. The Morgan fingerprint density at radius 3 is 2.40 bits per heavy atom. The van der Waals surface area contributed by atoms with E-state index in [1.807, 2.05) is 27.7 Å². The van der Waals surface area contributed by atoms with E-state index < -0.39 is 9.05 Å². The molecule has 7 heteroatoms. The number of hydrogen-bond acceptors (Lipinski definition) is 3. The van der Waals surface area contributed by atoms with Gasteiger partial charge in [0.05, 0.1) is 0 Å². The van der Waals surface area contributed by atoms with Crippen molar-refractivity contribution in [3.63, 3.8) is 0 Å². The van der Waals surface area contributed by atoms with Crippen LogP contribution in [-0.4, -0.2) is 36.9 Å². The number of aromatic nitrogens is 1. The maximum atomic E-state index is 12.5. The molecule has 0 bridgehead atoms. The Hall–Kier alpha value is -1.01. The highest BCUT2D eigenvalue weighted by Gasteiger charge is 2.23. The van der Waals surface area contributed by atoms with Crippen LogP contribution in [0.2, 0.25) is 0 Å². The quantitative estimate of drug-likeness (QED) is 0.757. The molecule has 0 aliphatic rings. The van der Waals surface area contributed by atoms with Gasteiger partial charge in [-0.25, -0.2) is 8.42 Å². The van der Waals surface area contributed by atoms with Gasteiger partial charge in [0, 0.05) is 36.0 Å². The van der Waals surface area contributed by atoms with E-state index in [2.05, 4.69) is 0 Å². The lowest BCUT2D eigenvalue weighted by Gasteiger charge is -2.22. The van der Waals surface area contributed by atoms with Gasteiger partial charge in [-0.15, -0.1) is 0 Å². The molecule has 1 aromatic heterocycles. The Kier molecular flexibility index (Phi) is 5.65. The minimum Gasteiger partial charge on any atom is -0.340 e. The van der Waals surface area contributed by atoms with Crippen LogP contribution < -0.4 is 0 Å². The summed E-state index contributed by atoms with van der Waals surface area (Å²) in [7, 11) is 1.53. The van der Waals surface area contributed by atoms with Gasteiger partial charge in [0.15, 0.2) is 0 Å². The molecular weight excluding hydrogens is 300 g/mol. The van der Waals surface area contributed by atoms with Crippen molar-refractivity contribution in [2.75, 3.05) is 13.1 Å². The first-order valence-corrected chi connectivity index (χ1v) is 8.99. The third-order valence-corrected chi connectivity index (χ3v) is 4.36. The first-order valence-electron chi connectivity index (χ1n) is 6.68. The summed E-state index contributed by atoms with van der Waals surface area (Å²) in [5.74, 6) is -0.172. The van der Waals surface area contributed by atoms with Gasteiger partial charge in [-0.2, -0.15) is 0 Å². The lowest BCUT2D eigenvalue weighted by Crippen LogP contribution is -2.33. The predicted molar refractivity (Wildman–Crippen MR) is 79.7 cm³/mol. The van der Waals surface area contributed by atoms with E-state index in [1.165, 1.54) is 12.3 Å². The van der Waals surface area contributed by atoms with Crippen molar-refractivity contribution in [3.8, 4) is 0 Å². The van der Waals surface area contributed by atoms with Crippen molar-refractivity contribution < 1.29 is 13.2 Å². The van der Waals surface area contributed by atoms with Gasteiger partial charge in [0.2, 0.25) is 0 Å². The molecule has 0 saturated heterocycles. The van der Waals surface area contributed by atoms with E-state index in [0.29, 0.717) is 18.8 Å². The molecule has 1 aromatic rings. The number of nitrogens with zero attached hydrogens (tertiary/aromatic N) is 2. The standard InChI is InChI=1S/C13H21ClN2O3S/c1-5-7-15(6-2)13(17)12-8-11(20(14,18)19)9-16(12)10(3)4/h8-10H,5-7H2,1-4H3. The second kappa shape index (κ2) is 6.63. The molecular formula is C13H21ClN2O3S. The first kappa shape index (κ1) is 17.0. The van der Waals surface area contributed by atoms with E-state index in [0.717, 1.165) is 6.42 Å². The lowest BCUT2D eigenvalue weighted by molar-refractivity contribution is 0.0752. The summed E-state index contributed by atoms with van der Waals surface area (Å²) in [4.78, 5) is 14.2. The van der Waals surface area contributed by atoms with Gasteiger partial charge in [0.25, 0.3) is 15.0 Å². The van der Waals surface area contributed by atoms with Crippen LogP contribution in [-0.2, 0) is 9.05 Å². The Morgan fingerprint density at radius 1 is 1.40 bits per heavy atom. The van der Waals surface area contributed by atoms with E-state index in [1.54, 1.807) is 9.47 Å². The van der Waals surface area contributed by atoms with Gasteiger partial charge in [-0.05, 0) is 33.3 Å². The zero-order chi connectivity index (χ0) is 15.5. The van der Waals surface area contributed by atoms with Crippen molar-refractivity contribution in [2.45, 2.75) is 45.1 Å². The third-order valence-electron chi connectivity index (χ3n) is 3.04. The largest absolute Gasteiger partial charge is 0.340 e. The molecule has 5 nitrogen and oxygen atoms in total. The number of halogens is 1. The average molecular weight is 321 g/mol. The number of hydrogen-bond donors (Lipinski definition) is 0. The maximum absolute atomic E-state index is 12.5. The Labute approximate surface area is 124 Å². The van der Waals surface area contributed by atoms with E-state index in [-0.39, 0.29) is 16.8 Å². The summed E-state index contributed by atoms with van der Waals surface area (Å²) in [6.07, 6.45) is 2.27. The smallest absolute Gasteiger partial charge is 0.270 e. The molecule has 0 saturated carbocycles. The normalized spacial score (nSPS) is 11.9. The van der Waals surface area contributed by atoms with Crippen LogP contribution in [0, 0.1) is 0 Å². The fraction of sp³-hybridized carbons (Fsp3) is 0.615. The Bertz CT molecular complexity index is 578. The summed E-state index contributed by atoms with van der Waals surface area (Å²) in [5.41, 5.74) is 0.356. The van der Waals surface area contributed by atoms with Crippen LogP contribution >= 0.6 is 10.7 Å². The van der Waals surface area contributed by atoms with Gasteiger partial charge in [-0.1, -0.05) is 6.92 Å². The van der Waals surface area contributed by atoms with Crippen LogP contribution in [0.25, 0.3) is 0 Å². The third kappa shape index (κ3) is 3.76. The molecule has 0 spiro atoms. The summed E-state index contributed by atoms with van der Waals surface area (Å²) in [6, 6.07) is 1.32. The maximum Gasteiger partial charge on any atom is 0.270 e. The number of rotatable bonds is 6. The summed E-state index contributed by atoms with van der Waals surface area (Å²) >= 11 is 0. The number of amides is 1. The van der Waals surface area contributed by atoms with Crippen molar-refractivity contribution in [1.29, 1.82) is 0 Å². The molecule has 0 aliphatic carbocycles. The second-order valence-corrected chi connectivity index (χ2v) is 7.45. The molecule has 20 heavy (non-hydrogen) atoms. The summed E-state index contributed by atoms with van der Waals surface area (Å²) in [5, 5.41) is 0. The van der Waals surface area contributed by atoms with Crippen LogP contribution in [0.4, 0.5) is 0 Å². The minimum absolute atomic E-state index is 0.0264. The van der Waals surface area contributed by atoms with Gasteiger partial charge in [0.1, 0.15) is 10.6 Å². The van der Waals surface area contributed by atoms with Gasteiger partial charge < -0.3 is 9.47 Å². The van der Waals surface area contributed by atoms with Crippen LogP contribution in [0.5, 0.6) is 0 Å². The van der Waals surface area contributed by atoms with Crippen molar-refractivity contribution >= 4 is 25.6 Å². The number of carbonyl (C=O) groups excluding carboxylic acids is 1. The second-order valence-electron chi connectivity index (χ2n) is 4.88. The number of carbonyl (C=O) groups is 1. The molecule has 0 atom stereocenters. The Balaban J connectivity index is 3.28. The summed E-state index contributed by atoms with van der Waals surface area (Å²) in [6.45, 7) is 8.89. The topological polar surface area (TPSA) is 59.4 Å². The zero-order valence-corrected chi connectivity index (χ0v) is 13.8. The molecule has 0 aliphatic heterocycles. The summed E-state index contributed by atoms with van der Waals surface area (Å²) < 4.78 is 24.5. The van der Waals surface area contributed by atoms with Crippen molar-refractivity contribution in [1.82, 2.24) is 9.47 Å². The fourth-order valence-corrected chi connectivity index (χ4v) is 2.77. The molecule has 0 fully saturated rings. The van der Waals surface area contributed by atoms with Crippen LogP contribution in [0.3, 0.4) is 0 Å². The predicted octanol–water partition coefficient (Wildman–Crippen LogP) is 2.87. The van der Waals surface area contributed by atoms with Crippen molar-refractivity contribution in [2.24, 2.45) is 0 Å². The average Bonchev–Trinajstić information content (AvgIpc) is 2.80. The molecule has 0 N–H and O–H groups in total. The minimum atomic E-state index is -3.84. The molecule has 1 amide bonds. The highest BCUT2D eigenvalue weighted by Crippen LogP contribution is 2.23. The lowest BCUT2D eigenvalue weighted by atomic mass is 10.3. The van der Waals surface area contributed by atoms with E-state index in [4.69, 9.17) is 10.7 Å². The molecule has 0 unspecified atom stereocenters.